The van der Waals surface area contributed by atoms with Crippen LogP contribution in [0.2, 0.25) is 0 Å². The third-order valence-corrected chi connectivity index (χ3v) is 11.9. The highest BCUT2D eigenvalue weighted by Crippen LogP contribution is 2.71. The fraction of sp³-hybridized carbons (Fsp3) is 0.800. The summed E-state index contributed by atoms with van der Waals surface area (Å²) in [6.45, 7) is 1.67. The van der Waals surface area contributed by atoms with Gasteiger partial charge in [-0.15, -0.1) is 0 Å². The minimum atomic E-state index is -1.30. The second-order valence-corrected chi connectivity index (χ2v) is 13.4. The standard InChI is InChI=1S/C30H42O10/c1-27-8-5-20-21(30(27,37)11-7-19(27)17-2-3-24(34)38-15-17)6-10-29(36)13-18(4-9-28(20,29)16-32)39-25-12-22(33)26(35)23(14-31)40-25/h2-3,15-16,18-23,25-26,31,33,35-37H,4-14H2,1H3. The Morgan fingerprint density at radius 3 is 2.52 bits per heavy atom. The summed E-state index contributed by atoms with van der Waals surface area (Å²) in [7, 11) is 0. The van der Waals surface area contributed by atoms with E-state index in [2.05, 4.69) is 6.92 Å². The monoisotopic (exact) mass is 562 g/mol. The maximum atomic E-state index is 13.0. The molecule has 10 nitrogen and oxygen atoms in total. The summed E-state index contributed by atoms with van der Waals surface area (Å²) in [5, 5.41) is 54.2. The molecular formula is C30H42O10. The molecule has 0 amide bonds. The Kier molecular flexibility index (Phi) is 7.09. The number of hydrogen-bond donors (Lipinski definition) is 5. The Hall–Kier alpha value is -1.66. The van der Waals surface area contributed by atoms with Crippen molar-refractivity contribution in [1.29, 1.82) is 0 Å². The van der Waals surface area contributed by atoms with Gasteiger partial charge in [-0.05, 0) is 80.8 Å². The van der Waals surface area contributed by atoms with Crippen LogP contribution in [0, 0.1) is 22.7 Å². The van der Waals surface area contributed by atoms with E-state index < -0.39 is 65.0 Å². The number of carbonyl (C=O) groups is 1. The average Bonchev–Trinajstić information content (AvgIpc) is 3.21. The predicted octanol–water partition coefficient (Wildman–Crippen LogP) is 1.39. The number of aldehydes is 1. The number of fused-ring (bicyclic) bond motifs is 5. The Morgan fingerprint density at radius 1 is 1.05 bits per heavy atom. The molecule has 1 aliphatic heterocycles. The topological polar surface area (TPSA) is 167 Å². The van der Waals surface area contributed by atoms with Gasteiger partial charge in [0.05, 0.1) is 41.7 Å². The van der Waals surface area contributed by atoms with E-state index in [1.54, 1.807) is 6.07 Å². The van der Waals surface area contributed by atoms with E-state index in [-0.39, 0.29) is 30.6 Å². The molecule has 5 aliphatic rings. The number of hydrogen-bond acceptors (Lipinski definition) is 10. The van der Waals surface area contributed by atoms with Crippen molar-refractivity contribution in [3.05, 3.63) is 34.4 Å². The molecule has 5 fully saturated rings. The van der Waals surface area contributed by atoms with Gasteiger partial charge < -0.3 is 44.2 Å². The normalized spacial score (nSPS) is 50.5. The molecule has 2 heterocycles. The molecule has 4 aliphatic carbocycles. The SMILES string of the molecule is CC12CCC3C(CCC4(O)CC(OC5CC(O)C(O)C(CO)O5)CCC34C=O)C1(O)CCC2c1ccc(=O)oc1. The lowest BCUT2D eigenvalue weighted by Crippen LogP contribution is -2.68. The zero-order valence-corrected chi connectivity index (χ0v) is 23.0. The number of ether oxygens (including phenoxy) is 2. The predicted molar refractivity (Wildman–Crippen MR) is 140 cm³/mol. The summed E-state index contributed by atoms with van der Waals surface area (Å²) < 4.78 is 17.0. The van der Waals surface area contributed by atoms with Crippen LogP contribution in [0.5, 0.6) is 0 Å². The lowest BCUT2D eigenvalue weighted by atomic mass is 9.41. The van der Waals surface area contributed by atoms with E-state index >= 15 is 0 Å². The van der Waals surface area contributed by atoms with Gasteiger partial charge in [-0.2, -0.15) is 0 Å². The Bertz CT molecular complexity index is 1150. The molecule has 1 saturated heterocycles. The fourth-order valence-corrected chi connectivity index (χ4v) is 9.72. The van der Waals surface area contributed by atoms with E-state index in [1.165, 1.54) is 12.3 Å². The van der Waals surface area contributed by atoms with Crippen LogP contribution in [0.15, 0.2) is 27.6 Å². The number of aliphatic hydroxyl groups is 5. The maximum absolute atomic E-state index is 13.0. The van der Waals surface area contributed by atoms with Crippen LogP contribution in [-0.4, -0.2) is 80.3 Å². The molecule has 5 N–H and O–H groups in total. The lowest BCUT2D eigenvalue weighted by molar-refractivity contribution is -0.291. The molecule has 1 aromatic rings. The summed E-state index contributed by atoms with van der Waals surface area (Å²) in [4.78, 5) is 24.5. The van der Waals surface area contributed by atoms with Crippen molar-refractivity contribution in [2.75, 3.05) is 6.61 Å². The van der Waals surface area contributed by atoms with Crippen molar-refractivity contribution < 1.29 is 44.2 Å². The zero-order valence-electron chi connectivity index (χ0n) is 23.0. The fourth-order valence-electron chi connectivity index (χ4n) is 9.72. The largest absolute Gasteiger partial charge is 0.431 e. The first-order chi connectivity index (χ1) is 19.0. The molecule has 1 aromatic heterocycles. The van der Waals surface area contributed by atoms with Crippen molar-refractivity contribution in [1.82, 2.24) is 0 Å². The zero-order chi connectivity index (χ0) is 28.5. The van der Waals surface area contributed by atoms with Gasteiger partial charge in [-0.3, -0.25) is 0 Å². The first kappa shape index (κ1) is 28.5. The number of rotatable bonds is 5. The Balaban J connectivity index is 1.22. The molecule has 0 radical (unpaired) electrons. The second-order valence-electron chi connectivity index (χ2n) is 13.4. The molecule has 12 unspecified atom stereocenters. The molecule has 6 rings (SSSR count). The van der Waals surface area contributed by atoms with E-state index in [9.17, 15) is 35.1 Å². The minimum Gasteiger partial charge on any atom is -0.431 e. The highest BCUT2D eigenvalue weighted by atomic mass is 16.7. The van der Waals surface area contributed by atoms with E-state index in [1.807, 2.05) is 0 Å². The van der Waals surface area contributed by atoms with E-state index in [4.69, 9.17) is 13.9 Å². The molecule has 10 heteroatoms. The molecular weight excluding hydrogens is 520 g/mol. The van der Waals surface area contributed by atoms with Crippen LogP contribution < -0.4 is 5.63 Å². The molecule has 0 aromatic carbocycles. The van der Waals surface area contributed by atoms with Crippen LogP contribution in [0.25, 0.3) is 0 Å². The van der Waals surface area contributed by atoms with Crippen LogP contribution in [0.3, 0.4) is 0 Å². The molecule has 0 bridgehead atoms. The van der Waals surface area contributed by atoms with Gasteiger partial charge in [0, 0.05) is 24.3 Å². The summed E-state index contributed by atoms with van der Waals surface area (Å²) >= 11 is 0. The summed E-state index contributed by atoms with van der Waals surface area (Å²) in [6.07, 6.45) is 2.88. The van der Waals surface area contributed by atoms with Gasteiger partial charge in [0.2, 0.25) is 0 Å². The van der Waals surface area contributed by atoms with Gasteiger partial charge in [-0.25, -0.2) is 4.79 Å². The van der Waals surface area contributed by atoms with E-state index in [0.29, 0.717) is 44.9 Å². The Labute approximate surface area is 233 Å². The van der Waals surface area contributed by atoms with Gasteiger partial charge in [-0.1, -0.05) is 6.92 Å². The molecule has 0 spiro atoms. The van der Waals surface area contributed by atoms with Gasteiger partial charge in [0.25, 0.3) is 0 Å². The molecule has 222 valence electrons. The molecule has 40 heavy (non-hydrogen) atoms. The van der Waals surface area contributed by atoms with E-state index in [0.717, 1.165) is 18.3 Å². The first-order valence-corrected chi connectivity index (χ1v) is 14.8. The van der Waals surface area contributed by atoms with Crippen LogP contribution in [0.1, 0.15) is 82.6 Å². The third-order valence-electron chi connectivity index (χ3n) is 11.9. The molecule has 4 saturated carbocycles. The number of aliphatic hydroxyl groups excluding tert-OH is 3. The number of carbonyl (C=O) groups excluding carboxylic acids is 1. The first-order valence-electron chi connectivity index (χ1n) is 14.8. The minimum absolute atomic E-state index is 0.0343. The maximum Gasteiger partial charge on any atom is 0.335 e. The van der Waals surface area contributed by atoms with Gasteiger partial charge in [0.15, 0.2) is 6.29 Å². The van der Waals surface area contributed by atoms with Crippen molar-refractivity contribution in [2.24, 2.45) is 22.7 Å². The highest BCUT2D eigenvalue weighted by Gasteiger charge is 2.71. The smallest absolute Gasteiger partial charge is 0.335 e. The Morgan fingerprint density at radius 2 is 1.82 bits per heavy atom. The highest BCUT2D eigenvalue weighted by molar-refractivity contribution is 5.64. The van der Waals surface area contributed by atoms with Crippen molar-refractivity contribution in [3.63, 3.8) is 0 Å². The lowest BCUT2D eigenvalue weighted by Gasteiger charge is -2.65. The molecule has 12 atom stereocenters. The van der Waals surface area contributed by atoms with Crippen molar-refractivity contribution in [3.8, 4) is 0 Å². The summed E-state index contributed by atoms with van der Waals surface area (Å²) in [6, 6.07) is 3.22. The van der Waals surface area contributed by atoms with Crippen LogP contribution in [-0.2, 0) is 14.3 Å². The van der Waals surface area contributed by atoms with Gasteiger partial charge >= 0.3 is 5.63 Å². The van der Waals surface area contributed by atoms with Crippen LogP contribution in [0.4, 0.5) is 0 Å². The summed E-state index contributed by atoms with van der Waals surface area (Å²) in [5.41, 5.74) is -3.23. The summed E-state index contributed by atoms with van der Waals surface area (Å²) in [5.74, 6) is -0.275. The quantitative estimate of drug-likeness (QED) is 0.261. The second kappa shape index (κ2) is 9.97. The van der Waals surface area contributed by atoms with Gasteiger partial charge in [0.1, 0.15) is 18.5 Å². The van der Waals surface area contributed by atoms with Crippen molar-refractivity contribution >= 4 is 6.29 Å². The van der Waals surface area contributed by atoms with Crippen molar-refractivity contribution in [2.45, 2.75) is 119 Å². The third kappa shape index (κ3) is 4.01. The average molecular weight is 563 g/mol. The van der Waals surface area contributed by atoms with Crippen LogP contribution >= 0.6 is 0 Å².